The van der Waals surface area contributed by atoms with E-state index in [9.17, 15) is 9.59 Å². The van der Waals surface area contributed by atoms with Crippen molar-refractivity contribution in [1.82, 2.24) is 9.88 Å². The molecule has 1 aromatic heterocycles. The number of hydrogen-bond donors (Lipinski definition) is 0. The van der Waals surface area contributed by atoms with Crippen molar-refractivity contribution in [2.75, 3.05) is 20.2 Å². The molecule has 1 unspecified atom stereocenters. The highest BCUT2D eigenvalue weighted by molar-refractivity contribution is 5.89. The fourth-order valence-corrected chi connectivity index (χ4v) is 3.43. The first-order valence-corrected chi connectivity index (χ1v) is 10.6. The normalized spacial score (nSPS) is 16.2. The van der Waals surface area contributed by atoms with Gasteiger partial charge in [-0.3, -0.25) is 4.98 Å². The summed E-state index contributed by atoms with van der Waals surface area (Å²) in [5.74, 6) is 0.442. The third-order valence-corrected chi connectivity index (χ3v) is 5.03. The maximum Gasteiger partial charge on any atom is 0.410 e. The van der Waals surface area contributed by atoms with E-state index in [1.807, 2.05) is 39.1 Å². The quantitative estimate of drug-likeness (QED) is 0.629. The highest BCUT2D eigenvalue weighted by Gasteiger charge is 2.27. The summed E-state index contributed by atoms with van der Waals surface area (Å²) >= 11 is 0. The van der Waals surface area contributed by atoms with Crippen LogP contribution in [0.5, 0.6) is 5.75 Å². The summed E-state index contributed by atoms with van der Waals surface area (Å²) in [6, 6.07) is 10.7. The number of carbonyl (C=O) groups is 2. The molecule has 0 radical (unpaired) electrons. The molecular formula is C25H30N2O5. The lowest BCUT2D eigenvalue weighted by molar-refractivity contribution is 0.0251. The molecule has 0 saturated carbocycles. The molecule has 32 heavy (non-hydrogen) atoms. The van der Waals surface area contributed by atoms with Crippen molar-refractivity contribution in [3.8, 4) is 5.75 Å². The molecule has 0 spiro atoms. The molecule has 7 heteroatoms. The van der Waals surface area contributed by atoms with Gasteiger partial charge in [0.1, 0.15) is 18.0 Å². The molecule has 0 N–H and O–H groups in total. The second kappa shape index (κ2) is 9.85. The van der Waals surface area contributed by atoms with Crippen molar-refractivity contribution >= 4 is 17.6 Å². The van der Waals surface area contributed by atoms with Gasteiger partial charge in [-0.1, -0.05) is 19.1 Å². The van der Waals surface area contributed by atoms with Crippen LogP contribution in [0.1, 0.15) is 49.3 Å². The number of benzene rings is 1. The average molecular weight is 439 g/mol. The molecule has 2 heterocycles. The smallest absolute Gasteiger partial charge is 0.410 e. The summed E-state index contributed by atoms with van der Waals surface area (Å²) in [5, 5.41) is 0. The van der Waals surface area contributed by atoms with Gasteiger partial charge in [0.25, 0.3) is 0 Å². The lowest BCUT2D eigenvalue weighted by Crippen LogP contribution is -2.41. The zero-order valence-corrected chi connectivity index (χ0v) is 19.3. The van der Waals surface area contributed by atoms with Crippen LogP contribution < -0.4 is 4.74 Å². The minimum atomic E-state index is -0.504. The third-order valence-electron chi connectivity index (χ3n) is 5.03. The van der Waals surface area contributed by atoms with E-state index < -0.39 is 5.60 Å². The van der Waals surface area contributed by atoms with Crippen molar-refractivity contribution in [3.05, 3.63) is 65.5 Å². The van der Waals surface area contributed by atoms with Crippen LogP contribution in [0.2, 0.25) is 0 Å². The highest BCUT2D eigenvalue weighted by atomic mass is 16.6. The van der Waals surface area contributed by atoms with Gasteiger partial charge in [0.05, 0.1) is 18.4 Å². The van der Waals surface area contributed by atoms with Crippen LogP contribution in [0.25, 0.3) is 5.57 Å². The summed E-state index contributed by atoms with van der Waals surface area (Å²) in [7, 11) is 1.35. The Morgan fingerprint density at radius 2 is 1.84 bits per heavy atom. The second-order valence-corrected chi connectivity index (χ2v) is 8.79. The van der Waals surface area contributed by atoms with E-state index in [4.69, 9.17) is 14.2 Å². The maximum absolute atomic E-state index is 12.3. The van der Waals surface area contributed by atoms with Gasteiger partial charge in [-0.25, -0.2) is 9.59 Å². The fourth-order valence-electron chi connectivity index (χ4n) is 3.43. The number of pyridine rings is 1. The van der Waals surface area contributed by atoms with Gasteiger partial charge in [0, 0.05) is 19.3 Å². The van der Waals surface area contributed by atoms with E-state index in [0.29, 0.717) is 31.0 Å². The lowest BCUT2D eigenvalue weighted by atomic mass is 9.91. The number of aromatic nitrogens is 1. The predicted molar refractivity (Wildman–Crippen MR) is 121 cm³/mol. The Balaban J connectivity index is 1.58. The van der Waals surface area contributed by atoms with Crippen molar-refractivity contribution in [2.45, 2.75) is 39.9 Å². The molecule has 0 aliphatic carbocycles. The number of nitrogens with zero attached hydrogens (tertiary/aromatic N) is 2. The Hall–Kier alpha value is -3.35. The van der Waals surface area contributed by atoms with Crippen LogP contribution in [0.3, 0.4) is 0 Å². The van der Waals surface area contributed by atoms with Crippen molar-refractivity contribution < 1.29 is 23.8 Å². The van der Waals surface area contributed by atoms with Gasteiger partial charge in [-0.05, 0) is 68.2 Å². The maximum atomic E-state index is 12.3. The first-order chi connectivity index (χ1) is 15.2. The Kier molecular flexibility index (Phi) is 7.18. The number of ether oxygens (including phenoxy) is 3. The first-order valence-electron chi connectivity index (χ1n) is 10.6. The lowest BCUT2D eigenvalue weighted by Gasteiger charge is -2.33. The minimum absolute atomic E-state index is 0.175. The van der Waals surface area contributed by atoms with Gasteiger partial charge in [0.15, 0.2) is 0 Å². The summed E-state index contributed by atoms with van der Waals surface area (Å²) in [6.45, 7) is 9.14. The number of rotatable bonds is 5. The molecule has 0 saturated heterocycles. The van der Waals surface area contributed by atoms with Gasteiger partial charge in [-0.15, -0.1) is 0 Å². The van der Waals surface area contributed by atoms with Gasteiger partial charge in [-0.2, -0.15) is 0 Å². The van der Waals surface area contributed by atoms with Gasteiger partial charge >= 0.3 is 12.1 Å². The molecule has 1 aliphatic rings. The second-order valence-electron chi connectivity index (χ2n) is 8.79. The number of hydrogen-bond acceptors (Lipinski definition) is 6. The third kappa shape index (κ3) is 6.09. The van der Waals surface area contributed by atoms with Crippen LogP contribution in [-0.2, 0) is 16.1 Å². The van der Waals surface area contributed by atoms with Crippen molar-refractivity contribution in [2.24, 2.45) is 5.92 Å². The van der Waals surface area contributed by atoms with E-state index >= 15 is 0 Å². The Morgan fingerprint density at radius 3 is 2.41 bits per heavy atom. The molecule has 1 atom stereocenters. The van der Waals surface area contributed by atoms with Crippen LogP contribution >= 0.6 is 0 Å². The summed E-state index contributed by atoms with van der Waals surface area (Å²) in [6.07, 6.45) is 3.61. The zero-order valence-electron chi connectivity index (χ0n) is 19.3. The van der Waals surface area contributed by atoms with E-state index in [1.165, 1.54) is 12.7 Å². The zero-order chi connectivity index (χ0) is 23.3. The summed E-state index contributed by atoms with van der Waals surface area (Å²) in [4.78, 5) is 30.1. The number of carbonyl (C=O) groups excluding carboxylic acids is 2. The number of methoxy groups -OCH3 is 1. The van der Waals surface area contributed by atoms with Crippen LogP contribution in [-0.4, -0.2) is 47.7 Å². The van der Waals surface area contributed by atoms with Gasteiger partial charge in [0.2, 0.25) is 0 Å². The average Bonchev–Trinajstić information content (AvgIpc) is 2.76. The van der Waals surface area contributed by atoms with E-state index in [1.54, 1.807) is 29.2 Å². The minimum Gasteiger partial charge on any atom is -0.487 e. The molecule has 7 nitrogen and oxygen atoms in total. The van der Waals surface area contributed by atoms with E-state index in [0.717, 1.165) is 11.3 Å². The van der Waals surface area contributed by atoms with Crippen LogP contribution in [0.4, 0.5) is 4.79 Å². The molecule has 3 rings (SSSR count). The molecule has 0 fully saturated rings. The monoisotopic (exact) mass is 438 g/mol. The Bertz CT molecular complexity index is 975. The molecule has 1 aromatic carbocycles. The topological polar surface area (TPSA) is 78.0 Å². The Morgan fingerprint density at radius 1 is 1.12 bits per heavy atom. The van der Waals surface area contributed by atoms with Gasteiger partial charge < -0.3 is 19.1 Å². The highest BCUT2D eigenvalue weighted by Crippen LogP contribution is 2.28. The van der Waals surface area contributed by atoms with Crippen molar-refractivity contribution in [3.63, 3.8) is 0 Å². The first kappa shape index (κ1) is 23.3. The molecule has 2 aromatic rings. The van der Waals surface area contributed by atoms with Crippen LogP contribution in [0, 0.1) is 5.92 Å². The summed E-state index contributed by atoms with van der Waals surface area (Å²) in [5.41, 5.74) is 2.97. The Labute approximate surface area is 189 Å². The predicted octanol–water partition coefficient (Wildman–Crippen LogP) is 4.72. The SMILES string of the molecule is COC(=O)c1ccc(OCc2ccc(C3=CCN(C(=O)OC(C)(C)C)CC3C)cn2)cc1. The molecule has 1 amide bonds. The largest absolute Gasteiger partial charge is 0.487 e. The number of esters is 1. The number of amides is 1. The molecule has 170 valence electrons. The summed E-state index contributed by atoms with van der Waals surface area (Å²) < 4.78 is 15.9. The van der Waals surface area contributed by atoms with E-state index in [2.05, 4.69) is 18.0 Å². The molecule has 0 bridgehead atoms. The molecular weight excluding hydrogens is 408 g/mol. The van der Waals surface area contributed by atoms with E-state index in [-0.39, 0.29) is 18.0 Å². The standard InChI is InChI=1S/C25H30N2O5/c1-17-15-27(24(29)32-25(2,3)4)13-12-22(17)19-6-9-20(26-14-19)16-31-21-10-7-18(8-11-21)23(28)30-5/h6-12,14,17H,13,15-16H2,1-5H3. The fraction of sp³-hybridized carbons (Fsp3) is 0.400. The van der Waals surface area contributed by atoms with Crippen LogP contribution in [0.15, 0.2) is 48.7 Å². The molecule has 1 aliphatic heterocycles. The van der Waals surface area contributed by atoms with Crippen molar-refractivity contribution in [1.29, 1.82) is 0 Å².